The van der Waals surface area contributed by atoms with E-state index >= 15 is 0 Å². The highest BCUT2D eigenvalue weighted by molar-refractivity contribution is 5.43. The monoisotopic (exact) mass is 297 g/mol. The first-order valence-corrected chi connectivity index (χ1v) is 7.45. The fourth-order valence-electron chi connectivity index (χ4n) is 1.90. The van der Waals surface area contributed by atoms with E-state index in [2.05, 4.69) is 39.5 Å². The van der Waals surface area contributed by atoms with Gasteiger partial charge in [-0.1, -0.05) is 0 Å². The minimum absolute atomic E-state index is 0.369. The molecule has 0 aliphatic heterocycles. The molecule has 0 aliphatic carbocycles. The third-order valence-electron chi connectivity index (χ3n) is 3.11. The lowest BCUT2D eigenvalue weighted by Gasteiger charge is -2.19. The Kier molecular flexibility index (Phi) is 8.37. The topological polar surface area (TPSA) is 101 Å². The third-order valence-corrected chi connectivity index (χ3v) is 3.11. The normalized spacial score (nSPS) is 10.5. The fourth-order valence-corrected chi connectivity index (χ4v) is 1.90. The Labute approximate surface area is 126 Å². The van der Waals surface area contributed by atoms with Gasteiger partial charge in [0.05, 0.1) is 0 Å². The van der Waals surface area contributed by atoms with Crippen LogP contribution in [0.25, 0.3) is 0 Å². The first kappa shape index (κ1) is 17.4. The van der Waals surface area contributed by atoms with Crippen LogP contribution in [-0.2, 0) is 4.74 Å². The van der Waals surface area contributed by atoms with E-state index in [1.54, 1.807) is 7.11 Å². The number of hydrogen-bond acceptors (Lipinski definition) is 8. The summed E-state index contributed by atoms with van der Waals surface area (Å²) in [7, 11) is 1.72. The molecule has 1 heterocycles. The lowest BCUT2D eigenvalue weighted by atomic mass is 10.2. The predicted molar refractivity (Wildman–Crippen MR) is 85.4 cm³/mol. The molecule has 1 aromatic heterocycles. The minimum atomic E-state index is 0.369. The van der Waals surface area contributed by atoms with Gasteiger partial charge in [0.1, 0.15) is 0 Å². The van der Waals surface area contributed by atoms with E-state index in [-0.39, 0.29) is 0 Å². The molecule has 4 N–H and O–H groups in total. The number of nitrogen functional groups attached to an aromatic ring is 1. The maximum absolute atomic E-state index is 5.42. The lowest BCUT2D eigenvalue weighted by molar-refractivity contribution is 0.192. The maximum Gasteiger partial charge on any atom is 0.243 e. The van der Waals surface area contributed by atoms with Gasteiger partial charge in [-0.25, -0.2) is 5.84 Å². The van der Waals surface area contributed by atoms with Crippen LogP contribution in [0.4, 0.5) is 17.8 Å². The summed E-state index contributed by atoms with van der Waals surface area (Å²) in [5, 5.41) is 3.21. The summed E-state index contributed by atoms with van der Waals surface area (Å²) in [6.07, 6.45) is 3.22. The molecule has 0 atom stereocenters. The zero-order chi connectivity index (χ0) is 15.5. The Morgan fingerprint density at radius 1 is 1.05 bits per heavy atom. The van der Waals surface area contributed by atoms with Gasteiger partial charge >= 0.3 is 0 Å². The molecule has 0 bridgehead atoms. The summed E-state index contributed by atoms with van der Waals surface area (Å²) in [6, 6.07) is 0. The Morgan fingerprint density at radius 3 is 2.38 bits per heavy atom. The molecule has 120 valence electrons. The number of nitrogens with zero attached hydrogens (tertiary/aromatic N) is 4. The van der Waals surface area contributed by atoms with Crippen molar-refractivity contribution in [3.8, 4) is 0 Å². The van der Waals surface area contributed by atoms with Crippen LogP contribution in [-0.4, -0.2) is 48.3 Å². The highest BCUT2D eigenvalue weighted by Gasteiger charge is 2.10. The molecular weight excluding hydrogens is 270 g/mol. The van der Waals surface area contributed by atoms with Gasteiger partial charge in [0, 0.05) is 33.4 Å². The number of nitrogens with one attached hydrogen (secondary N) is 2. The van der Waals surface area contributed by atoms with Crippen LogP contribution in [0.5, 0.6) is 0 Å². The van der Waals surface area contributed by atoms with Gasteiger partial charge in [-0.15, -0.1) is 0 Å². The second-order valence-corrected chi connectivity index (χ2v) is 4.58. The molecule has 0 spiro atoms. The Morgan fingerprint density at radius 2 is 1.76 bits per heavy atom. The van der Waals surface area contributed by atoms with E-state index in [1.807, 2.05) is 4.90 Å². The molecular formula is C13H27N7O. The molecule has 1 rings (SSSR count). The molecule has 0 saturated heterocycles. The predicted octanol–water partition coefficient (Wildman–Crippen LogP) is 1.23. The second kappa shape index (κ2) is 10.1. The lowest BCUT2D eigenvalue weighted by Crippen LogP contribution is -2.26. The van der Waals surface area contributed by atoms with Crippen molar-refractivity contribution in [2.75, 3.05) is 49.0 Å². The van der Waals surface area contributed by atoms with Crippen molar-refractivity contribution in [2.45, 2.75) is 33.1 Å². The SMILES string of the molecule is CCN(CC)c1nc(NN)nc(NCCCCCOC)n1. The molecule has 8 nitrogen and oxygen atoms in total. The zero-order valence-corrected chi connectivity index (χ0v) is 13.2. The summed E-state index contributed by atoms with van der Waals surface area (Å²) in [4.78, 5) is 15.0. The second-order valence-electron chi connectivity index (χ2n) is 4.58. The number of hydrazine groups is 1. The number of anilines is 3. The van der Waals surface area contributed by atoms with E-state index in [0.29, 0.717) is 17.8 Å². The van der Waals surface area contributed by atoms with Crippen LogP contribution in [0, 0.1) is 0 Å². The largest absolute Gasteiger partial charge is 0.385 e. The van der Waals surface area contributed by atoms with Crippen molar-refractivity contribution < 1.29 is 4.74 Å². The van der Waals surface area contributed by atoms with Crippen molar-refractivity contribution in [3.05, 3.63) is 0 Å². The van der Waals surface area contributed by atoms with Crippen molar-refractivity contribution in [1.82, 2.24) is 15.0 Å². The molecule has 1 aromatic rings. The standard InChI is InChI=1S/C13H27N7O/c1-4-20(5-2)13-17-11(16-12(18-13)19-14)15-9-7-6-8-10-21-3/h4-10,14H2,1-3H3,(H2,15,16,17,18,19). The van der Waals surface area contributed by atoms with Crippen LogP contribution in [0.1, 0.15) is 33.1 Å². The Hall–Kier alpha value is -1.67. The summed E-state index contributed by atoms with van der Waals surface area (Å²) in [5.74, 6) is 6.96. The Bertz CT molecular complexity index is 398. The summed E-state index contributed by atoms with van der Waals surface area (Å²) >= 11 is 0. The molecule has 21 heavy (non-hydrogen) atoms. The van der Waals surface area contributed by atoms with E-state index in [1.165, 1.54) is 0 Å². The van der Waals surface area contributed by atoms with Crippen LogP contribution in [0.3, 0.4) is 0 Å². The summed E-state index contributed by atoms with van der Waals surface area (Å²) < 4.78 is 5.02. The van der Waals surface area contributed by atoms with Gasteiger partial charge in [-0.2, -0.15) is 15.0 Å². The fraction of sp³-hybridized carbons (Fsp3) is 0.769. The number of methoxy groups -OCH3 is 1. The molecule has 0 aromatic carbocycles. The van der Waals surface area contributed by atoms with Crippen LogP contribution in [0.15, 0.2) is 0 Å². The van der Waals surface area contributed by atoms with Crippen LogP contribution < -0.4 is 21.5 Å². The van der Waals surface area contributed by atoms with E-state index < -0.39 is 0 Å². The molecule has 0 radical (unpaired) electrons. The van der Waals surface area contributed by atoms with E-state index in [4.69, 9.17) is 10.6 Å². The average molecular weight is 297 g/mol. The molecule has 0 unspecified atom stereocenters. The highest BCUT2D eigenvalue weighted by Crippen LogP contribution is 2.13. The van der Waals surface area contributed by atoms with Gasteiger partial charge < -0.3 is 15.0 Å². The molecule has 0 saturated carbocycles. The number of unbranched alkanes of at least 4 members (excludes halogenated alkanes) is 2. The third kappa shape index (κ3) is 6.09. The van der Waals surface area contributed by atoms with Crippen LogP contribution >= 0.6 is 0 Å². The van der Waals surface area contributed by atoms with E-state index in [9.17, 15) is 0 Å². The van der Waals surface area contributed by atoms with Gasteiger partial charge in [0.2, 0.25) is 17.8 Å². The molecule has 8 heteroatoms. The van der Waals surface area contributed by atoms with Crippen molar-refractivity contribution in [2.24, 2.45) is 5.84 Å². The number of nitrogens with two attached hydrogens (primary N) is 1. The van der Waals surface area contributed by atoms with Crippen LogP contribution in [0.2, 0.25) is 0 Å². The first-order valence-electron chi connectivity index (χ1n) is 7.45. The highest BCUT2D eigenvalue weighted by atomic mass is 16.5. The number of aromatic nitrogens is 3. The molecule has 0 amide bonds. The van der Waals surface area contributed by atoms with Crippen molar-refractivity contribution in [1.29, 1.82) is 0 Å². The van der Waals surface area contributed by atoms with Gasteiger partial charge in [0.15, 0.2) is 0 Å². The van der Waals surface area contributed by atoms with Crippen molar-refractivity contribution in [3.63, 3.8) is 0 Å². The smallest absolute Gasteiger partial charge is 0.243 e. The number of hydrogen-bond donors (Lipinski definition) is 3. The Balaban J connectivity index is 2.58. The number of ether oxygens (including phenoxy) is 1. The summed E-state index contributed by atoms with van der Waals surface area (Å²) in [5.41, 5.74) is 2.48. The molecule has 0 fully saturated rings. The quantitative estimate of drug-likeness (QED) is 0.318. The average Bonchev–Trinajstić information content (AvgIpc) is 2.51. The zero-order valence-electron chi connectivity index (χ0n) is 13.2. The first-order chi connectivity index (χ1) is 10.2. The van der Waals surface area contributed by atoms with Crippen molar-refractivity contribution >= 4 is 17.8 Å². The van der Waals surface area contributed by atoms with Gasteiger partial charge in [-0.05, 0) is 33.1 Å². The maximum atomic E-state index is 5.42. The summed E-state index contributed by atoms with van der Waals surface area (Å²) in [6.45, 7) is 7.41. The van der Waals surface area contributed by atoms with Gasteiger partial charge in [0.25, 0.3) is 0 Å². The molecule has 0 aliphatic rings. The minimum Gasteiger partial charge on any atom is -0.385 e. The number of rotatable bonds is 11. The van der Waals surface area contributed by atoms with Gasteiger partial charge in [-0.3, -0.25) is 5.43 Å². The van der Waals surface area contributed by atoms with E-state index in [0.717, 1.165) is 45.5 Å².